The first-order valence-corrected chi connectivity index (χ1v) is 11.1. The molecule has 2 heterocycles. The second-order valence-electron chi connectivity index (χ2n) is 7.92. The zero-order valence-corrected chi connectivity index (χ0v) is 19.2. The highest BCUT2D eigenvalue weighted by molar-refractivity contribution is 6.30. The number of amides is 1. The number of hydrazone groups is 1. The number of fused-ring (bicyclic) bond motifs is 1. The average Bonchev–Trinajstić information content (AvgIpc) is 3.23. The number of aliphatic carboxylic acids is 1. The molecule has 0 bridgehead atoms. The van der Waals surface area contributed by atoms with E-state index in [4.69, 9.17) is 21.4 Å². The summed E-state index contributed by atoms with van der Waals surface area (Å²) in [6, 6.07) is 14.9. The Morgan fingerprint density at radius 3 is 2.61 bits per heavy atom. The van der Waals surface area contributed by atoms with Crippen LogP contribution in [0.3, 0.4) is 0 Å². The van der Waals surface area contributed by atoms with E-state index in [0.29, 0.717) is 29.9 Å². The Bertz CT molecular complexity index is 1240. The summed E-state index contributed by atoms with van der Waals surface area (Å²) in [6.45, 7) is 4.46. The number of aryl methyl sites for hydroxylation is 1. The lowest BCUT2D eigenvalue weighted by molar-refractivity contribution is -0.141. The highest BCUT2D eigenvalue weighted by Gasteiger charge is 2.35. The number of hydrogen-bond donors (Lipinski definition) is 1. The molecule has 7 nitrogen and oxygen atoms in total. The third kappa shape index (κ3) is 4.98. The van der Waals surface area contributed by atoms with Crippen molar-refractivity contribution in [3.05, 3.63) is 70.4 Å². The summed E-state index contributed by atoms with van der Waals surface area (Å²) in [5.41, 5.74) is 4.13. The molecular formula is C25H24ClN3O4. The zero-order valence-electron chi connectivity index (χ0n) is 18.4. The minimum atomic E-state index is -1.03. The molecule has 3 aromatic rings. The second-order valence-corrected chi connectivity index (χ2v) is 8.28. The minimum absolute atomic E-state index is 0.146. The molecule has 1 amide bonds. The van der Waals surface area contributed by atoms with E-state index in [1.165, 1.54) is 5.01 Å². The average molecular weight is 466 g/mol. The molecule has 0 aliphatic carbocycles. The molecule has 0 saturated carbocycles. The molecule has 33 heavy (non-hydrogen) atoms. The van der Waals surface area contributed by atoms with Crippen LogP contribution in [0.25, 0.3) is 10.9 Å². The highest BCUT2D eigenvalue weighted by atomic mass is 35.5. The molecular weight excluding hydrogens is 442 g/mol. The Morgan fingerprint density at radius 1 is 1.15 bits per heavy atom. The molecule has 0 radical (unpaired) electrons. The third-order valence-electron chi connectivity index (χ3n) is 5.54. The van der Waals surface area contributed by atoms with Crippen LogP contribution >= 0.6 is 11.6 Å². The van der Waals surface area contributed by atoms with Gasteiger partial charge in [0.25, 0.3) is 0 Å². The SMILES string of the molecule is CCOc1ccc2cc([C@@H]3CC(c4ccc(C)cc4)=NN3C(=O)CCC(=O)O)c(Cl)nc2c1. The van der Waals surface area contributed by atoms with Gasteiger partial charge in [0.2, 0.25) is 5.91 Å². The van der Waals surface area contributed by atoms with Gasteiger partial charge < -0.3 is 9.84 Å². The maximum atomic E-state index is 12.9. The number of carboxylic acids is 1. The molecule has 0 saturated heterocycles. The van der Waals surface area contributed by atoms with E-state index in [1.807, 2.05) is 62.4 Å². The normalized spacial score (nSPS) is 15.5. The van der Waals surface area contributed by atoms with Crippen LogP contribution in [-0.2, 0) is 9.59 Å². The van der Waals surface area contributed by atoms with Crippen molar-refractivity contribution in [1.82, 2.24) is 9.99 Å². The van der Waals surface area contributed by atoms with Crippen molar-refractivity contribution >= 4 is 40.1 Å². The molecule has 2 aromatic carbocycles. The summed E-state index contributed by atoms with van der Waals surface area (Å²) in [5.74, 6) is -0.692. The van der Waals surface area contributed by atoms with E-state index in [1.54, 1.807) is 0 Å². The van der Waals surface area contributed by atoms with Crippen LogP contribution in [0.5, 0.6) is 5.75 Å². The summed E-state index contributed by atoms with van der Waals surface area (Å²) >= 11 is 6.59. The Morgan fingerprint density at radius 2 is 1.91 bits per heavy atom. The van der Waals surface area contributed by atoms with Crippen molar-refractivity contribution in [2.75, 3.05) is 6.61 Å². The van der Waals surface area contributed by atoms with E-state index in [-0.39, 0.29) is 23.9 Å². The van der Waals surface area contributed by atoms with Gasteiger partial charge in [-0.25, -0.2) is 9.99 Å². The van der Waals surface area contributed by atoms with Crippen molar-refractivity contribution in [2.24, 2.45) is 5.10 Å². The monoisotopic (exact) mass is 465 g/mol. The van der Waals surface area contributed by atoms with E-state index >= 15 is 0 Å². The minimum Gasteiger partial charge on any atom is -0.494 e. The zero-order chi connectivity index (χ0) is 23.5. The number of carbonyl (C=O) groups is 2. The summed E-state index contributed by atoms with van der Waals surface area (Å²) in [4.78, 5) is 28.5. The van der Waals surface area contributed by atoms with E-state index in [0.717, 1.165) is 22.2 Å². The number of halogens is 1. The Balaban J connectivity index is 1.71. The van der Waals surface area contributed by atoms with Gasteiger partial charge in [-0.15, -0.1) is 0 Å². The van der Waals surface area contributed by atoms with Gasteiger partial charge in [-0.1, -0.05) is 41.4 Å². The van der Waals surface area contributed by atoms with Gasteiger partial charge >= 0.3 is 5.97 Å². The predicted octanol–water partition coefficient (Wildman–Crippen LogP) is 5.14. The van der Waals surface area contributed by atoms with Crippen molar-refractivity contribution in [2.45, 2.75) is 39.2 Å². The largest absolute Gasteiger partial charge is 0.494 e. The fourth-order valence-corrected chi connectivity index (χ4v) is 4.13. The first-order chi connectivity index (χ1) is 15.9. The van der Waals surface area contributed by atoms with E-state index < -0.39 is 12.0 Å². The molecule has 170 valence electrons. The topological polar surface area (TPSA) is 92.1 Å². The first kappa shape index (κ1) is 22.7. The van der Waals surface area contributed by atoms with E-state index in [2.05, 4.69) is 10.1 Å². The van der Waals surface area contributed by atoms with Crippen molar-refractivity contribution in [3.63, 3.8) is 0 Å². The van der Waals surface area contributed by atoms with E-state index in [9.17, 15) is 9.59 Å². The summed E-state index contributed by atoms with van der Waals surface area (Å²) in [7, 11) is 0. The van der Waals surface area contributed by atoms with Crippen molar-refractivity contribution < 1.29 is 19.4 Å². The Labute approximate surface area is 196 Å². The van der Waals surface area contributed by atoms with Gasteiger partial charge in [0.05, 0.1) is 30.3 Å². The van der Waals surface area contributed by atoms with Crippen LogP contribution in [0.15, 0.2) is 53.6 Å². The van der Waals surface area contributed by atoms with Crippen LogP contribution < -0.4 is 4.74 Å². The van der Waals surface area contributed by atoms with Crippen LogP contribution in [0, 0.1) is 6.92 Å². The van der Waals surface area contributed by atoms with Crippen LogP contribution in [0.2, 0.25) is 5.15 Å². The number of nitrogens with zero attached hydrogens (tertiary/aromatic N) is 3. The second kappa shape index (κ2) is 9.58. The summed E-state index contributed by atoms with van der Waals surface area (Å²) < 4.78 is 5.55. The first-order valence-electron chi connectivity index (χ1n) is 10.8. The number of rotatable bonds is 7. The highest BCUT2D eigenvalue weighted by Crippen LogP contribution is 2.38. The molecule has 1 aliphatic rings. The fourth-order valence-electron chi connectivity index (χ4n) is 3.86. The lowest BCUT2D eigenvalue weighted by Gasteiger charge is -2.23. The maximum Gasteiger partial charge on any atom is 0.303 e. The van der Waals surface area contributed by atoms with Gasteiger partial charge in [-0.2, -0.15) is 5.10 Å². The lowest BCUT2D eigenvalue weighted by Crippen LogP contribution is -2.27. The molecule has 1 aromatic heterocycles. The Kier molecular flexibility index (Phi) is 6.60. The van der Waals surface area contributed by atoms with Gasteiger partial charge in [-0.05, 0) is 37.6 Å². The third-order valence-corrected chi connectivity index (χ3v) is 5.85. The van der Waals surface area contributed by atoms with Gasteiger partial charge in [0.15, 0.2) is 0 Å². The number of carbonyl (C=O) groups excluding carboxylic acids is 1. The number of pyridine rings is 1. The van der Waals surface area contributed by atoms with Crippen LogP contribution in [-0.4, -0.2) is 39.3 Å². The van der Waals surface area contributed by atoms with Crippen molar-refractivity contribution in [3.8, 4) is 5.75 Å². The number of ether oxygens (including phenoxy) is 1. The molecule has 4 rings (SSSR count). The smallest absolute Gasteiger partial charge is 0.303 e. The van der Waals surface area contributed by atoms with Crippen LogP contribution in [0.4, 0.5) is 0 Å². The number of hydrogen-bond acceptors (Lipinski definition) is 5. The van der Waals surface area contributed by atoms with Crippen molar-refractivity contribution in [1.29, 1.82) is 0 Å². The standard InChI is InChI=1S/C25H24ClN3O4/c1-3-33-18-9-8-17-12-19(25(26)27-20(17)13-18)22-14-21(16-6-4-15(2)5-7-16)28-29(22)23(30)10-11-24(31)32/h4-9,12-13,22H,3,10-11,14H2,1-2H3,(H,31,32)/t22-/m0/s1. The molecule has 1 atom stereocenters. The maximum absolute atomic E-state index is 12.9. The number of benzene rings is 2. The quantitative estimate of drug-likeness (QED) is 0.488. The molecule has 8 heteroatoms. The van der Waals surface area contributed by atoms with Gasteiger partial charge in [0, 0.05) is 29.9 Å². The number of aromatic nitrogens is 1. The van der Waals surface area contributed by atoms with Gasteiger partial charge in [-0.3, -0.25) is 9.59 Å². The molecule has 1 N–H and O–H groups in total. The number of carboxylic acid groups (broad SMARTS) is 1. The van der Waals surface area contributed by atoms with Crippen LogP contribution in [0.1, 0.15) is 48.9 Å². The lowest BCUT2D eigenvalue weighted by atomic mass is 9.97. The Hall–Kier alpha value is -3.45. The predicted molar refractivity (Wildman–Crippen MR) is 127 cm³/mol. The molecule has 0 unspecified atom stereocenters. The summed E-state index contributed by atoms with van der Waals surface area (Å²) in [6.07, 6.45) is 0.0417. The fraction of sp³-hybridized carbons (Fsp3) is 0.280. The molecule has 0 spiro atoms. The molecule has 0 fully saturated rings. The summed E-state index contributed by atoms with van der Waals surface area (Å²) in [5, 5.41) is 16.1. The molecule has 1 aliphatic heterocycles. The van der Waals surface area contributed by atoms with Gasteiger partial charge in [0.1, 0.15) is 10.9 Å².